The average Bonchev–Trinajstić information content (AvgIpc) is 3.41. The molecule has 0 radical (unpaired) electrons. The molecule has 0 spiro atoms. The highest BCUT2D eigenvalue weighted by molar-refractivity contribution is 7.13. The van der Waals surface area contributed by atoms with Crippen molar-refractivity contribution in [3.63, 3.8) is 0 Å². The number of thiazole rings is 1. The van der Waals surface area contributed by atoms with Gasteiger partial charge in [0.05, 0.1) is 18.8 Å². The number of benzene rings is 1. The second-order valence-corrected chi connectivity index (χ2v) is 7.84. The Bertz CT molecular complexity index is 727. The van der Waals surface area contributed by atoms with Crippen LogP contribution in [0, 0.1) is 0 Å². The van der Waals surface area contributed by atoms with Gasteiger partial charge in [-0.1, -0.05) is 30.3 Å². The third kappa shape index (κ3) is 5.94. The van der Waals surface area contributed by atoms with Crippen LogP contribution in [0.15, 0.2) is 40.7 Å². The molecule has 0 bridgehead atoms. The summed E-state index contributed by atoms with van der Waals surface area (Å²) in [7, 11) is 0. The number of aromatic nitrogens is 1. The van der Waals surface area contributed by atoms with Gasteiger partial charge in [-0.25, -0.2) is 4.98 Å². The van der Waals surface area contributed by atoms with Gasteiger partial charge >= 0.3 is 0 Å². The lowest BCUT2D eigenvalue weighted by atomic mass is 10.0. The van der Waals surface area contributed by atoms with Crippen molar-refractivity contribution in [3.05, 3.63) is 47.0 Å². The van der Waals surface area contributed by atoms with Gasteiger partial charge in [0.1, 0.15) is 0 Å². The van der Waals surface area contributed by atoms with Gasteiger partial charge in [-0.15, -0.1) is 11.3 Å². The van der Waals surface area contributed by atoms with E-state index >= 15 is 0 Å². The second kappa shape index (κ2) is 11.0. The van der Waals surface area contributed by atoms with Crippen LogP contribution in [-0.2, 0) is 6.42 Å². The summed E-state index contributed by atoms with van der Waals surface area (Å²) in [4.78, 5) is 11.8. The number of hydrogen-bond acceptors (Lipinski definition) is 5. The van der Waals surface area contributed by atoms with Crippen molar-refractivity contribution in [1.29, 1.82) is 0 Å². The first-order valence-corrected chi connectivity index (χ1v) is 11.1. The van der Waals surface area contributed by atoms with Crippen LogP contribution in [0.3, 0.4) is 0 Å². The van der Waals surface area contributed by atoms with E-state index in [0.29, 0.717) is 6.54 Å². The lowest BCUT2D eigenvalue weighted by Gasteiger charge is -2.15. The van der Waals surface area contributed by atoms with Crippen LogP contribution in [0.4, 0.5) is 5.13 Å². The van der Waals surface area contributed by atoms with Crippen LogP contribution in [-0.4, -0.2) is 55.4 Å². The molecule has 1 unspecified atom stereocenters. The van der Waals surface area contributed by atoms with Crippen LogP contribution in [0.2, 0.25) is 0 Å². The van der Waals surface area contributed by atoms with Crippen molar-refractivity contribution in [3.8, 4) is 0 Å². The average molecular weight is 402 g/mol. The lowest BCUT2D eigenvalue weighted by molar-refractivity contribution is 0.268. The van der Waals surface area contributed by atoms with Gasteiger partial charge in [0.2, 0.25) is 0 Å². The Hall–Kier alpha value is -2.12. The molecule has 2 heterocycles. The van der Waals surface area contributed by atoms with E-state index in [9.17, 15) is 5.11 Å². The molecule has 152 valence electrons. The van der Waals surface area contributed by atoms with E-state index in [1.54, 1.807) is 11.3 Å². The predicted octanol–water partition coefficient (Wildman–Crippen LogP) is 2.62. The van der Waals surface area contributed by atoms with Crippen molar-refractivity contribution in [1.82, 2.24) is 15.6 Å². The van der Waals surface area contributed by atoms with E-state index in [1.165, 1.54) is 12.8 Å². The molecular weight excluding hydrogens is 370 g/mol. The first-order chi connectivity index (χ1) is 13.8. The Kier molecular flexibility index (Phi) is 8.11. The maximum absolute atomic E-state index is 9.72. The second-order valence-electron chi connectivity index (χ2n) is 7.00. The molecular formula is C21H31N5OS. The lowest BCUT2D eigenvalue weighted by Crippen LogP contribution is -2.38. The minimum atomic E-state index is 0.0122. The summed E-state index contributed by atoms with van der Waals surface area (Å²) in [5, 5.41) is 19.7. The van der Waals surface area contributed by atoms with Crippen LogP contribution < -0.4 is 15.5 Å². The predicted molar refractivity (Wildman–Crippen MR) is 118 cm³/mol. The summed E-state index contributed by atoms with van der Waals surface area (Å²) in [5.41, 5.74) is 2.24. The molecule has 1 aliphatic heterocycles. The van der Waals surface area contributed by atoms with Crippen LogP contribution >= 0.6 is 11.3 Å². The van der Waals surface area contributed by atoms with E-state index in [-0.39, 0.29) is 12.5 Å². The molecule has 28 heavy (non-hydrogen) atoms. The van der Waals surface area contributed by atoms with Crippen LogP contribution in [0.25, 0.3) is 0 Å². The van der Waals surface area contributed by atoms with Crippen LogP contribution in [0.1, 0.15) is 36.9 Å². The van der Waals surface area contributed by atoms with Crippen LogP contribution in [0.5, 0.6) is 0 Å². The van der Waals surface area contributed by atoms with E-state index < -0.39 is 0 Å². The van der Waals surface area contributed by atoms with Crippen molar-refractivity contribution >= 4 is 22.4 Å². The van der Waals surface area contributed by atoms with Gasteiger partial charge in [0, 0.05) is 43.9 Å². The molecule has 0 aliphatic carbocycles. The van der Waals surface area contributed by atoms with Gasteiger partial charge in [-0.2, -0.15) is 0 Å². The zero-order chi connectivity index (χ0) is 19.6. The molecule has 6 nitrogen and oxygen atoms in total. The van der Waals surface area contributed by atoms with Crippen molar-refractivity contribution in [2.24, 2.45) is 4.99 Å². The summed E-state index contributed by atoms with van der Waals surface area (Å²) in [6.07, 6.45) is 3.42. The highest BCUT2D eigenvalue weighted by Gasteiger charge is 2.15. The number of guanidine groups is 1. The first kappa shape index (κ1) is 20.6. The van der Waals surface area contributed by atoms with E-state index in [2.05, 4.69) is 32.8 Å². The number of aliphatic hydroxyl groups is 1. The monoisotopic (exact) mass is 401 g/mol. The first-order valence-electron chi connectivity index (χ1n) is 10.2. The molecule has 2 aromatic rings. The smallest absolute Gasteiger partial charge is 0.191 e. The molecule has 1 fully saturated rings. The Labute approximate surface area is 171 Å². The molecule has 1 aliphatic rings. The molecule has 1 saturated heterocycles. The summed E-state index contributed by atoms with van der Waals surface area (Å²) in [5.74, 6) is 0.796. The maximum Gasteiger partial charge on any atom is 0.191 e. The van der Waals surface area contributed by atoms with Gasteiger partial charge in [0.25, 0.3) is 0 Å². The number of hydrogen-bond donors (Lipinski definition) is 3. The fourth-order valence-corrected chi connectivity index (χ4v) is 4.22. The number of nitrogens with one attached hydrogen (secondary N) is 2. The van der Waals surface area contributed by atoms with E-state index in [1.807, 2.05) is 30.3 Å². The molecule has 3 rings (SSSR count). The summed E-state index contributed by atoms with van der Waals surface area (Å²) < 4.78 is 0. The maximum atomic E-state index is 9.72. The largest absolute Gasteiger partial charge is 0.396 e. The summed E-state index contributed by atoms with van der Waals surface area (Å²) >= 11 is 1.74. The molecule has 1 aromatic carbocycles. The molecule has 0 saturated carbocycles. The topological polar surface area (TPSA) is 72.8 Å². The SMILES string of the molecule is CCNC(=NCC(CO)c1ccccc1)NCCc1csc(N2CCCC2)n1. The molecule has 3 N–H and O–H groups in total. The highest BCUT2D eigenvalue weighted by atomic mass is 32.1. The Morgan fingerprint density at radius 2 is 2.04 bits per heavy atom. The van der Waals surface area contributed by atoms with Gasteiger partial charge in [0.15, 0.2) is 11.1 Å². The third-order valence-electron chi connectivity index (χ3n) is 4.90. The van der Waals surface area contributed by atoms with Crippen molar-refractivity contribution in [2.45, 2.75) is 32.1 Å². The number of aliphatic imine (C=N–C) groups is 1. The van der Waals surface area contributed by atoms with Gasteiger partial charge in [-0.05, 0) is 25.3 Å². The van der Waals surface area contributed by atoms with Crippen molar-refractivity contribution in [2.75, 3.05) is 44.2 Å². The van der Waals surface area contributed by atoms with Gasteiger partial charge in [-0.3, -0.25) is 4.99 Å². The number of rotatable bonds is 9. The highest BCUT2D eigenvalue weighted by Crippen LogP contribution is 2.24. The Morgan fingerprint density at radius 3 is 2.75 bits per heavy atom. The number of anilines is 1. The zero-order valence-electron chi connectivity index (χ0n) is 16.6. The molecule has 0 amide bonds. The Morgan fingerprint density at radius 1 is 1.25 bits per heavy atom. The quantitative estimate of drug-likeness (QED) is 0.445. The molecule has 1 aromatic heterocycles. The van der Waals surface area contributed by atoms with E-state index in [4.69, 9.17) is 4.98 Å². The fourth-order valence-electron chi connectivity index (χ4n) is 3.31. The molecule has 1 atom stereocenters. The summed E-state index contributed by atoms with van der Waals surface area (Å²) in [6, 6.07) is 10.1. The van der Waals surface area contributed by atoms with E-state index in [0.717, 1.165) is 54.9 Å². The Balaban J connectivity index is 1.50. The summed E-state index contributed by atoms with van der Waals surface area (Å²) in [6.45, 7) is 6.55. The molecule has 7 heteroatoms. The minimum Gasteiger partial charge on any atom is -0.396 e. The number of nitrogens with zero attached hydrogens (tertiary/aromatic N) is 3. The normalized spacial score (nSPS) is 15.6. The zero-order valence-corrected chi connectivity index (χ0v) is 17.4. The third-order valence-corrected chi connectivity index (χ3v) is 5.85. The van der Waals surface area contributed by atoms with Gasteiger partial charge < -0.3 is 20.6 Å². The standard InChI is InChI=1S/C21H31N5OS/c1-2-22-20(24-14-18(15-27)17-8-4-3-5-9-17)23-11-10-19-16-28-21(25-19)26-12-6-7-13-26/h3-5,8-9,16,18,27H,2,6-7,10-15H2,1H3,(H2,22,23,24). The number of aliphatic hydroxyl groups excluding tert-OH is 1. The fraction of sp³-hybridized carbons (Fsp3) is 0.524. The van der Waals surface area contributed by atoms with Crippen molar-refractivity contribution < 1.29 is 5.11 Å². The minimum absolute atomic E-state index is 0.0122.